The number of halogens is 2. The van der Waals surface area contributed by atoms with E-state index >= 15 is 0 Å². The predicted molar refractivity (Wildman–Crippen MR) is 55.2 cm³/mol. The number of nitrogens with zero attached hydrogens (tertiary/aromatic N) is 1. The van der Waals surface area contributed by atoms with E-state index in [0.717, 1.165) is 18.2 Å². The average molecular weight is 239 g/mol. The van der Waals surface area contributed by atoms with Gasteiger partial charge in [-0.3, -0.25) is 0 Å². The van der Waals surface area contributed by atoms with Gasteiger partial charge in [-0.2, -0.15) is 0 Å². The van der Waals surface area contributed by atoms with Crippen molar-refractivity contribution >= 4 is 16.9 Å². The first-order valence-corrected chi connectivity index (χ1v) is 4.60. The van der Waals surface area contributed by atoms with E-state index in [4.69, 9.17) is 9.84 Å². The van der Waals surface area contributed by atoms with Crippen molar-refractivity contribution in [3.05, 3.63) is 35.4 Å². The second-order valence-electron chi connectivity index (χ2n) is 3.28. The minimum atomic E-state index is -1.32. The van der Waals surface area contributed by atoms with Crippen LogP contribution >= 0.6 is 0 Å². The quantitative estimate of drug-likeness (QED) is 0.872. The normalized spacial score (nSPS) is 10.5. The number of benzene rings is 1. The summed E-state index contributed by atoms with van der Waals surface area (Å²) >= 11 is 0. The molecular weight excluding hydrogens is 232 g/mol. The summed E-state index contributed by atoms with van der Waals surface area (Å²) in [6, 6.07) is 2.84. The molecule has 0 amide bonds. The van der Waals surface area contributed by atoms with Crippen molar-refractivity contribution in [2.75, 3.05) is 7.11 Å². The van der Waals surface area contributed by atoms with Crippen LogP contribution in [0.2, 0.25) is 0 Å². The Kier molecular flexibility index (Phi) is 2.63. The third kappa shape index (κ3) is 1.77. The Hall–Kier alpha value is -2.24. The molecule has 0 unspecified atom stereocenters. The van der Waals surface area contributed by atoms with Crippen LogP contribution in [-0.4, -0.2) is 23.2 Å². The monoisotopic (exact) mass is 239 g/mol. The number of hydrogen-bond acceptors (Lipinski definition) is 3. The molecule has 0 bridgehead atoms. The molecule has 0 saturated carbocycles. The molecule has 0 saturated heterocycles. The summed E-state index contributed by atoms with van der Waals surface area (Å²) in [5, 5.41) is 8.69. The maximum Gasteiger partial charge on any atom is 0.341 e. The van der Waals surface area contributed by atoms with Crippen LogP contribution in [-0.2, 0) is 0 Å². The van der Waals surface area contributed by atoms with E-state index in [1.807, 2.05) is 0 Å². The Morgan fingerprint density at radius 3 is 2.59 bits per heavy atom. The maximum absolute atomic E-state index is 13.4. The van der Waals surface area contributed by atoms with E-state index < -0.39 is 17.6 Å². The Morgan fingerprint density at radius 2 is 2.00 bits per heavy atom. The van der Waals surface area contributed by atoms with Crippen molar-refractivity contribution < 1.29 is 23.4 Å². The molecule has 1 heterocycles. The molecular formula is C11H7F2NO3. The summed E-state index contributed by atoms with van der Waals surface area (Å²) in [5.74, 6) is -3.05. The Morgan fingerprint density at radius 1 is 1.35 bits per heavy atom. The molecule has 0 atom stereocenters. The first kappa shape index (κ1) is 11.3. The highest BCUT2D eigenvalue weighted by Crippen LogP contribution is 2.25. The van der Waals surface area contributed by atoms with Gasteiger partial charge in [0.15, 0.2) is 0 Å². The number of carboxylic acids is 1. The summed E-state index contributed by atoms with van der Waals surface area (Å²) in [6.07, 6.45) is 0. The maximum atomic E-state index is 13.4. The average Bonchev–Trinajstić information content (AvgIpc) is 2.32. The highest BCUT2D eigenvalue weighted by Gasteiger charge is 2.17. The largest absolute Gasteiger partial charge is 0.480 e. The van der Waals surface area contributed by atoms with Gasteiger partial charge < -0.3 is 9.84 Å². The van der Waals surface area contributed by atoms with Crippen LogP contribution in [0.25, 0.3) is 10.9 Å². The molecule has 4 nitrogen and oxygen atoms in total. The molecule has 6 heteroatoms. The third-order valence-corrected chi connectivity index (χ3v) is 2.27. The second kappa shape index (κ2) is 3.97. The molecule has 0 aliphatic carbocycles. The van der Waals surface area contributed by atoms with Gasteiger partial charge in [0.2, 0.25) is 5.88 Å². The van der Waals surface area contributed by atoms with Gasteiger partial charge in [0.1, 0.15) is 22.7 Å². The summed E-state index contributed by atoms with van der Waals surface area (Å²) in [4.78, 5) is 14.5. The van der Waals surface area contributed by atoms with E-state index in [0.29, 0.717) is 0 Å². The van der Waals surface area contributed by atoms with Crippen LogP contribution in [0.15, 0.2) is 18.2 Å². The topological polar surface area (TPSA) is 59.4 Å². The summed E-state index contributed by atoms with van der Waals surface area (Å²) in [6.45, 7) is 0. The molecule has 2 aromatic rings. The van der Waals surface area contributed by atoms with Gasteiger partial charge in [0.05, 0.1) is 7.11 Å². The van der Waals surface area contributed by atoms with Crippen LogP contribution in [0.5, 0.6) is 5.88 Å². The molecule has 0 aliphatic rings. The van der Waals surface area contributed by atoms with E-state index in [2.05, 4.69) is 4.98 Å². The lowest BCUT2D eigenvalue weighted by Gasteiger charge is -2.07. The van der Waals surface area contributed by atoms with E-state index in [1.54, 1.807) is 0 Å². The number of rotatable bonds is 2. The third-order valence-electron chi connectivity index (χ3n) is 2.27. The SMILES string of the molecule is COc1nc2c(F)ccc(F)c2cc1C(=O)O. The predicted octanol–water partition coefficient (Wildman–Crippen LogP) is 2.22. The van der Waals surface area contributed by atoms with Crippen molar-refractivity contribution in [3.63, 3.8) is 0 Å². The highest BCUT2D eigenvalue weighted by atomic mass is 19.1. The fraction of sp³-hybridized carbons (Fsp3) is 0.0909. The van der Waals surface area contributed by atoms with Crippen LogP contribution in [0.1, 0.15) is 10.4 Å². The number of aromatic nitrogens is 1. The Bertz CT molecular complexity index is 613. The molecule has 0 radical (unpaired) electrons. The zero-order valence-electron chi connectivity index (χ0n) is 8.70. The van der Waals surface area contributed by atoms with E-state index in [-0.39, 0.29) is 22.3 Å². The van der Waals surface area contributed by atoms with Gasteiger partial charge in [-0.1, -0.05) is 0 Å². The van der Waals surface area contributed by atoms with Gasteiger partial charge in [0.25, 0.3) is 0 Å². The minimum Gasteiger partial charge on any atom is -0.480 e. The zero-order valence-corrected chi connectivity index (χ0v) is 8.70. The fourth-order valence-electron chi connectivity index (χ4n) is 1.48. The fourth-order valence-corrected chi connectivity index (χ4v) is 1.48. The van der Waals surface area contributed by atoms with Gasteiger partial charge in [0, 0.05) is 5.39 Å². The van der Waals surface area contributed by atoms with E-state index in [1.165, 1.54) is 7.11 Å². The first-order chi connectivity index (χ1) is 8.04. The lowest BCUT2D eigenvalue weighted by atomic mass is 10.1. The molecule has 17 heavy (non-hydrogen) atoms. The molecule has 1 N–H and O–H groups in total. The number of methoxy groups -OCH3 is 1. The number of pyridine rings is 1. The number of carbonyl (C=O) groups is 1. The van der Waals surface area contributed by atoms with Crippen LogP contribution < -0.4 is 4.74 Å². The van der Waals surface area contributed by atoms with Crippen molar-refractivity contribution in [2.45, 2.75) is 0 Å². The van der Waals surface area contributed by atoms with Gasteiger partial charge in [-0.05, 0) is 18.2 Å². The van der Waals surface area contributed by atoms with Crippen molar-refractivity contribution in [3.8, 4) is 5.88 Å². The molecule has 2 rings (SSSR count). The van der Waals surface area contributed by atoms with Gasteiger partial charge in [-0.15, -0.1) is 0 Å². The number of aromatic carboxylic acids is 1. The molecule has 88 valence electrons. The molecule has 1 aromatic heterocycles. The second-order valence-corrected chi connectivity index (χ2v) is 3.28. The van der Waals surface area contributed by atoms with Crippen molar-refractivity contribution in [1.29, 1.82) is 0 Å². The van der Waals surface area contributed by atoms with Gasteiger partial charge in [-0.25, -0.2) is 18.6 Å². The van der Waals surface area contributed by atoms with Crippen LogP contribution in [0, 0.1) is 11.6 Å². The Labute approximate surface area is 94.5 Å². The van der Waals surface area contributed by atoms with Crippen molar-refractivity contribution in [2.24, 2.45) is 0 Å². The number of hydrogen-bond donors (Lipinski definition) is 1. The van der Waals surface area contributed by atoms with Crippen LogP contribution in [0.3, 0.4) is 0 Å². The highest BCUT2D eigenvalue weighted by molar-refractivity contribution is 5.95. The smallest absolute Gasteiger partial charge is 0.341 e. The minimum absolute atomic E-state index is 0.191. The molecule has 0 aliphatic heterocycles. The van der Waals surface area contributed by atoms with Crippen molar-refractivity contribution in [1.82, 2.24) is 4.98 Å². The summed E-state index contributed by atoms with van der Waals surface area (Å²) in [5.41, 5.74) is -0.573. The number of carboxylic acid groups (broad SMARTS) is 1. The molecule has 0 spiro atoms. The molecule has 0 fully saturated rings. The standard InChI is InChI=1S/C11H7F2NO3/c1-17-10-6(11(15)16)4-5-7(12)2-3-8(13)9(5)14-10/h2-4H,1H3,(H,15,16). The van der Waals surface area contributed by atoms with E-state index in [9.17, 15) is 13.6 Å². The lowest BCUT2D eigenvalue weighted by Crippen LogP contribution is -2.04. The number of ether oxygens (including phenoxy) is 1. The number of fused-ring (bicyclic) bond motifs is 1. The lowest BCUT2D eigenvalue weighted by molar-refractivity contribution is 0.0692. The molecule has 1 aromatic carbocycles. The van der Waals surface area contributed by atoms with Gasteiger partial charge >= 0.3 is 5.97 Å². The first-order valence-electron chi connectivity index (χ1n) is 4.60. The summed E-state index contributed by atoms with van der Waals surface area (Å²) in [7, 11) is 1.21. The zero-order chi connectivity index (χ0) is 12.6. The Balaban J connectivity index is 2.87. The summed E-state index contributed by atoms with van der Waals surface area (Å²) < 4.78 is 31.5. The van der Waals surface area contributed by atoms with Crippen LogP contribution in [0.4, 0.5) is 8.78 Å².